The highest BCUT2D eigenvalue weighted by Crippen LogP contribution is 2.18. The molecule has 31 heavy (non-hydrogen) atoms. The zero-order chi connectivity index (χ0) is 22.4. The summed E-state index contributed by atoms with van der Waals surface area (Å²) in [5, 5.41) is 5.01. The van der Waals surface area contributed by atoms with Gasteiger partial charge in [-0.1, -0.05) is 12.1 Å². The summed E-state index contributed by atoms with van der Waals surface area (Å²) >= 11 is 5.05. The molecule has 3 N–H and O–H groups in total. The van der Waals surface area contributed by atoms with Gasteiger partial charge in [0.1, 0.15) is 18.0 Å². The van der Waals surface area contributed by atoms with E-state index in [4.69, 9.17) is 17.0 Å². The van der Waals surface area contributed by atoms with E-state index in [9.17, 15) is 17.6 Å². The molecule has 0 aliphatic carbocycles. The van der Waals surface area contributed by atoms with Crippen molar-refractivity contribution in [2.24, 2.45) is 0 Å². The highest BCUT2D eigenvalue weighted by atomic mass is 32.2. The SMILES string of the molecule is COc1cc(NS(=O)(=O)c2ccc(NC(=S)NC(=O)c3ccccc3F)cc2)ncn1. The summed E-state index contributed by atoms with van der Waals surface area (Å²) in [5.74, 6) is -1.13. The van der Waals surface area contributed by atoms with Crippen molar-refractivity contribution in [3.8, 4) is 5.88 Å². The third kappa shape index (κ3) is 5.71. The van der Waals surface area contributed by atoms with E-state index in [1.54, 1.807) is 0 Å². The maximum absolute atomic E-state index is 13.7. The normalized spacial score (nSPS) is 10.8. The Labute approximate surface area is 182 Å². The number of ether oxygens (including phenoxy) is 1. The molecule has 0 bridgehead atoms. The number of rotatable bonds is 6. The molecule has 0 aliphatic heterocycles. The number of sulfonamides is 1. The monoisotopic (exact) mass is 461 g/mol. The molecule has 0 spiro atoms. The highest BCUT2D eigenvalue weighted by molar-refractivity contribution is 7.92. The molecular formula is C19H16FN5O4S2. The molecule has 3 aromatic rings. The van der Waals surface area contributed by atoms with Crippen LogP contribution in [0.1, 0.15) is 10.4 Å². The first kappa shape index (κ1) is 22.1. The zero-order valence-electron chi connectivity index (χ0n) is 16.0. The standard InChI is InChI=1S/C19H16FN5O4S2/c1-29-17-10-16(21-11-22-17)25-31(27,28)13-8-6-12(7-9-13)23-19(30)24-18(26)14-4-2-3-5-15(14)20/h2-11H,1H3,(H,21,22,25)(H2,23,24,26,30). The van der Waals surface area contributed by atoms with Crippen LogP contribution in [0.2, 0.25) is 0 Å². The quantitative estimate of drug-likeness (QED) is 0.479. The zero-order valence-corrected chi connectivity index (χ0v) is 17.6. The maximum atomic E-state index is 13.7. The van der Waals surface area contributed by atoms with Gasteiger partial charge < -0.3 is 10.1 Å². The second-order valence-electron chi connectivity index (χ2n) is 5.96. The predicted molar refractivity (Wildman–Crippen MR) is 116 cm³/mol. The van der Waals surface area contributed by atoms with Crippen molar-refractivity contribution in [2.45, 2.75) is 4.90 Å². The third-order valence-corrected chi connectivity index (χ3v) is 5.43. The van der Waals surface area contributed by atoms with Gasteiger partial charge in [-0.3, -0.25) is 14.8 Å². The van der Waals surface area contributed by atoms with E-state index in [2.05, 4.69) is 25.3 Å². The third-order valence-electron chi connectivity index (χ3n) is 3.86. The summed E-state index contributed by atoms with van der Waals surface area (Å²) in [5.41, 5.74) is 0.266. The van der Waals surface area contributed by atoms with Crippen LogP contribution in [0.15, 0.2) is 65.8 Å². The fourth-order valence-corrected chi connectivity index (χ4v) is 3.61. The van der Waals surface area contributed by atoms with Gasteiger partial charge in [0, 0.05) is 11.8 Å². The van der Waals surface area contributed by atoms with Gasteiger partial charge in [-0.2, -0.15) is 0 Å². The molecule has 0 aliphatic rings. The summed E-state index contributed by atoms with van der Waals surface area (Å²) in [7, 11) is -2.51. The Morgan fingerprint density at radius 1 is 1.10 bits per heavy atom. The van der Waals surface area contributed by atoms with Crippen LogP contribution in [0, 0.1) is 5.82 Å². The predicted octanol–water partition coefficient (Wildman–Crippen LogP) is 2.55. The Morgan fingerprint density at radius 3 is 2.48 bits per heavy atom. The smallest absolute Gasteiger partial charge is 0.263 e. The Hall–Kier alpha value is -3.64. The number of carbonyl (C=O) groups excluding carboxylic acids is 1. The Kier molecular flexibility index (Phi) is 6.72. The van der Waals surface area contributed by atoms with E-state index in [-0.39, 0.29) is 27.3 Å². The molecule has 0 saturated heterocycles. The Balaban J connectivity index is 1.64. The van der Waals surface area contributed by atoms with Gasteiger partial charge in [-0.25, -0.2) is 22.8 Å². The number of nitrogens with zero attached hydrogens (tertiary/aromatic N) is 2. The molecule has 2 aromatic carbocycles. The second kappa shape index (κ2) is 9.45. The molecule has 12 heteroatoms. The molecule has 3 rings (SSSR count). The van der Waals surface area contributed by atoms with Crippen molar-refractivity contribution in [3.63, 3.8) is 0 Å². The Morgan fingerprint density at radius 2 is 1.81 bits per heavy atom. The highest BCUT2D eigenvalue weighted by Gasteiger charge is 2.16. The fourth-order valence-electron chi connectivity index (χ4n) is 2.40. The number of thiocarbonyl (C=S) groups is 1. The molecule has 0 fully saturated rings. The number of carbonyl (C=O) groups is 1. The van der Waals surface area contributed by atoms with E-state index in [0.29, 0.717) is 5.69 Å². The van der Waals surface area contributed by atoms with Gasteiger partial charge in [0.05, 0.1) is 17.6 Å². The number of benzene rings is 2. The minimum atomic E-state index is -3.91. The van der Waals surface area contributed by atoms with Crippen LogP contribution >= 0.6 is 12.2 Å². The van der Waals surface area contributed by atoms with Crippen molar-refractivity contribution < 1.29 is 22.3 Å². The molecule has 0 unspecified atom stereocenters. The second-order valence-corrected chi connectivity index (χ2v) is 8.05. The van der Waals surface area contributed by atoms with E-state index < -0.39 is 21.7 Å². The number of aromatic nitrogens is 2. The van der Waals surface area contributed by atoms with Crippen LogP contribution in [-0.2, 0) is 10.0 Å². The number of methoxy groups -OCH3 is 1. The van der Waals surface area contributed by atoms with Crippen LogP contribution < -0.4 is 20.1 Å². The van der Waals surface area contributed by atoms with Gasteiger partial charge in [0.2, 0.25) is 5.88 Å². The summed E-state index contributed by atoms with van der Waals surface area (Å²) in [6.07, 6.45) is 1.17. The number of hydrogen-bond donors (Lipinski definition) is 3. The lowest BCUT2D eigenvalue weighted by atomic mass is 10.2. The number of nitrogens with one attached hydrogen (secondary N) is 3. The number of hydrogen-bond acceptors (Lipinski definition) is 7. The van der Waals surface area contributed by atoms with E-state index >= 15 is 0 Å². The molecule has 0 atom stereocenters. The molecule has 160 valence electrons. The molecule has 1 heterocycles. The van der Waals surface area contributed by atoms with Gasteiger partial charge in [0.15, 0.2) is 5.11 Å². The average Bonchev–Trinajstić information content (AvgIpc) is 2.74. The van der Waals surface area contributed by atoms with Gasteiger partial charge in [-0.05, 0) is 48.6 Å². The van der Waals surface area contributed by atoms with E-state index in [1.165, 1.54) is 62.0 Å². The van der Waals surface area contributed by atoms with Crippen molar-refractivity contribution in [1.29, 1.82) is 0 Å². The van der Waals surface area contributed by atoms with Crippen LogP contribution in [-0.4, -0.2) is 36.5 Å². The van der Waals surface area contributed by atoms with E-state index in [0.717, 1.165) is 6.07 Å². The molecule has 0 saturated carbocycles. The van der Waals surface area contributed by atoms with Crippen LogP contribution in [0.3, 0.4) is 0 Å². The van der Waals surface area contributed by atoms with Crippen molar-refractivity contribution in [1.82, 2.24) is 15.3 Å². The lowest BCUT2D eigenvalue weighted by Crippen LogP contribution is -2.34. The molecular weight excluding hydrogens is 445 g/mol. The minimum Gasteiger partial charge on any atom is -0.481 e. The average molecular weight is 462 g/mol. The largest absolute Gasteiger partial charge is 0.481 e. The fraction of sp³-hybridized carbons (Fsp3) is 0.0526. The van der Waals surface area contributed by atoms with Crippen LogP contribution in [0.5, 0.6) is 5.88 Å². The van der Waals surface area contributed by atoms with Gasteiger partial charge >= 0.3 is 0 Å². The van der Waals surface area contributed by atoms with Gasteiger partial charge in [0.25, 0.3) is 15.9 Å². The number of amides is 1. The summed E-state index contributed by atoms with van der Waals surface area (Å²) < 4.78 is 46.0. The van der Waals surface area contributed by atoms with Crippen molar-refractivity contribution in [3.05, 3.63) is 72.3 Å². The van der Waals surface area contributed by atoms with Crippen LogP contribution in [0.25, 0.3) is 0 Å². The number of halogens is 1. The first-order valence-electron chi connectivity index (χ1n) is 8.64. The van der Waals surface area contributed by atoms with Gasteiger partial charge in [-0.15, -0.1) is 0 Å². The lowest BCUT2D eigenvalue weighted by molar-refractivity contribution is 0.0974. The molecule has 1 amide bonds. The maximum Gasteiger partial charge on any atom is 0.263 e. The minimum absolute atomic E-state index is 0.0306. The van der Waals surface area contributed by atoms with Crippen LogP contribution in [0.4, 0.5) is 15.9 Å². The summed E-state index contributed by atoms with van der Waals surface area (Å²) in [4.78, 5) is 19.7. The first-order chi connectivity index (χ1) is 14.8. The summed E-state index contributed by atoms with van der Waals surface area (Å²) in [6, 6.07) is 12.4. The summed E-state index contributed by atoms with van der Waals surface area (Å²) in [6.45, 7) is 0. The lowest BCUT2D eigenvalue weighted by Gasteiger charge is -2.11. The van der Waals surface area contributed by atoms with Crippen molar-refractivity contribution >= 4 is 44.8 Å². The molecule has 0 radical (unpaired) electrons. The Bertz CT molecular complexity index is 1220. The molecule has 9 nitrogen and oxygen atoms in total. The van der Waals surface area contributed by atoms with E-state index in [1.807, 2.05) is 0 Å². The number of anilines is 2. The van der Waals surface area contributed by atoms with Crippen molar-refractivity contribution in [2.75, 3.05) is 17.1 Å². The topological polar surface area (TPSA) is 122 Å². The molecule has 1 aromatic heterocycles. The first-order valence-corrected chi connectivity index (χ1v) is 10.5.